The molecule has 1 N–H and O–H groups in total. The highest BCUT2D eigenvalue weighted by molar-refractivity contribution is 9.10. The molecule has 1 atom stereocenters. The van der Waals surface area contributed by atoms with Crippen molar-refractivity contribution < 1.29 is 0 Å². The van der Waals surface area contributed by atoms with Gasteiger partial charge in [-0.2, -0.15) is 11.8 Å². The van der Waals surface area contributed by atoms with Gasteiger partial charge in [0.05, 0.1) is 0 Å². The van der Waals surface area contributed by atoms with E-state index in [1.165, 1.54) is 24.3 Å². The zero-order valence-electron chi connectivity index (χ0n) is 8.00. The molecule has 0 amide bonds. The van der Waals surface area contributed by atoms with Crippen LogP contribution in [-0.2, 0) is 6.42 Å². The van der Waals surface area contributed by atoms with Gasteiger partial charge in [0, 0.05) is 28.6 Å². The van der Waals surface area contributed by atoms with E-state index in [4.69, 9.17) is 0 Å². The summed E-state index contributed by atoms with van der Waals surface area (Å²) in [5.74, 6) is 1.25. The number of benzene rings is 1. The molecule has 0 bridgehead atoms. The van der Waals surface area contributed by atoms with Gasteiger partial charge in [0.2, 0.25) is 0 Å². The first kappa shape index (κ1) is 10.5. The minimum absolute atomic E-state index is 0.755. The van der Waals surface area contributed by atoms with E-state index in [1.807, 2.05) is 0 Å². The van der Waals surface area contributed by atoms with E-state index in [-0.39, 0.29) is 0 Å². The SMILES string of the molecule is Brc1ccc(CC2CNCCS2)cc1. The summed E-state index contributed by atoms with van der Waals surface area (Å²) in [7, 11) is 0. The molecule has 0 aromatic heterocycles. The maximum absolute atomic E-state index is 3.45. The topological polar surface area (TPSA) is 12.0 Å². The van der Waals surface area contributed by atoms with E-state index in [1.54, 1.807) is 0 Å². The van der Waals surface area contributed by atoms with E-state index in [9.17, 15) is 0 Å². The minimum atomic E-state index is 0.755. The molecule has 1 fully saturated rings. The van der Waals surface area contributed by atoms with Crippen molar-refractivity contribution in [3.05, 3.63) is 34.3 Å². The van der Waals surface area contributed by atoms with E-state index in [0.29, 0.717) is 0 Å². The highest BCUT2D eigenvalue weighted by Crippen LogP contribution is 2.19. The smallest absolute Gasteiger partial charge is 0.0213 e. The molecule has 0 radical (unpaired) electrons. The number of nitrogens with one attached hydrogen (secondary N) is 1. The molecule has 1 heterocycles. The van der Waals surface area contributed by atoms with Crippen LogP contribution in [0.3, 0.4) is 0 Å². The summed E-state index contributed by atoms with van der Waals surface area (Å²) < 4.78 is 1.16. The standard InChI is InChI=1S/C11H14BrNS/c12-10-3-1-9(2-4-10)7-11-8-13-5-6-14-11/h1-4,11,13H,5-8H2. The van der Waals surface area contributed by atoms with Crippen LogP contribution in [0.2, 0.25) is 0 Å². The van der Waals surface area contributed by atoms with Gasteiger partial charge in [0.15, 0.2) is 0 Å². The molecule has 76 valence electrons. The summed E-state index contributed by atoms with van der Waals surface area (Å²) in [5, 5.41) is 4.19. The van der Waals surface area contributed by atoms with Gasteiger partial charge in [-0.15, -0.1) is 0 Å². The first-order valence-electron chi connectivity index (χ1n) is 4.91. The van der Waals surface area contributed by atoms with Gasteiger partial charge in [-0.3, -0.25) is 0 Å². The van der Waals surface area contributed by atoms with E-state index in [2.05, 4.69) is 57.3 Å². The fourth-order valence-corrected chi connectivity index (χ4v) is 3.04. The van der Waals surface area contributed by atoms with Crippen molar-refractivity contribution in [1.29, 1.82) is 0 Å². The summed E-state index contributed by atoms with van der Waals surface area (Å²) in [5.41, 5.74) is 1.44. The summed E-state index contributed by atoms with van der Waals surface area (Å²) in [6.45, 7) is 2.32. The Morgan fingerprint density at radius 1 is 1.36 bits per heavy atom. The van der Waals surface area contributed by atoms with Crippen LogP contribution in [0.25, 0.3) is 0 Å². The molecule has 0 saturated carbocycles. The molecule has 1 saturated heterocycles. The second-order valence-electron chi connectivity index (χ2n) is 3.53. The Balaban J connectivity index is 1.92. The van der Waals surface area contributed by atoms with E-state index >= 15 is 0 Å². The number of hydrogen-bond donors (Lipinski definition) is 1. The van der Waals surface area contributed by atoms with Crippen LogP contribution in [0.15, 0.2) is 28.7 Å². The van der Waals surface area contributed by atoms with Crippen LogP contribution in [0.1, 0.15) is 5.56 Å². The van der Waals surface area contributed by atoms with Gasteiger partial charge in [0.1, 0.15) is 0 Å². The summed E-state index contributed by atoms with van der Waals surface area (Å²) >= 11 is 5.54. The van der Waals surface area contributed by atoms with Crippen LogP contribution < -0.4 is 5.32 Å². The monoisotopic (exact) mass is 271 g/mol. The molecule has 2 rings (SSSR count). The third kappa shape index (κ3) is 3.01. The average Bonchev–Trinajstić information content (AvgIpc) is 2.23. The second-order valence-corrected chi connectivity index (χ2v) is 5.85. The van der Waals surface area contributed by atoms with E-state index in [0.717, 1.165) is 16.3 Å². The highest BCUT2D eigenvalue weighted by atomic mass is 79.9. The lowest BCUT2D eigenvalue weighted by Crippen LogP contribution is -2.33. The van der Waals surface area contributed by atoms with Crippen LogP contribution in [0.4, 0.5) is 0 Å². The molecular formula is C11H14BrNS. The van der Waals surface area contributed by atoms with Crippen molar-refractivity contribution >= 4 is 27.7 Å². The predicted molar refractivity (Wildman–Crippen MR) is 67.0 cm³/mol. The van der Waals surface area contributed by atoms with Gasteiger partial charge in [-0.05, 0) is 24.1 Å². The number of rotatable bonds is 2. The van der Waals surface area contributed by atoms with Crippen LogP contribution in [-0.4, -0.2) is 24.1 Å². The van der Waals surface area contributed by atoms with Gasteiger partial charge in [-0.25, -0.2) is 0 Å². The zero-order valence-corrected chi connectivity index (χ0v) is 10.4. The molecule has 1 aliphatic heterocycles. The maximum atomic E-state index is 3.45. The molecule has 14 heavy (non-hydrogen) atoms. The molecule has 1 aromatic carbocycles. The Morgan fingerprint density at radius 3 is 2.79 bits per heavy atom. The molecule has 1 aliphatic rings. The van der Waals surface area contributed by atoms with Crippen molar-refractivity contribution in [2.45, 2.75) is 11.7 Å². The molecule has 1 unspecified atom stereocenters. The fraction of sp³-hybridized carbons (Fsp3) is 0.455. The molecule has 0 spiro atoms. The van der Waals surface area contributed by atoms with Crippen molar-refractivity contribution in [3.63, 3.8) is 0 Å². The fourth-order valence-electron chi connectivity index (χ4n) is 1.63. The zero-order chi connectivity index (χ0) is 9.80. The Morgan fingerprint density at radius 2 is 2.14 bits per heavy atom. The molecule has 3 heteroatoms. The Bertz CT molecular complexity index is 280. The molecule has 1 aromatic rings. The van der Waals surface area contributed by atoms with Crippen LogP contribution in [0.5, 0.6) is 0 Å². The molecule has 1 nitrogen and oxygen atoms in total. The first-order chi connectivity index (χ1) is 6.84. The lowest BCUT2D eigenvalue weighted by molar-refractivity contribution is 0.666. The third-order valence-electron chi connectivity index (χ3n) is 2.38. The Kier molecular flexibility index (Phi) is 3.90. The van der Waals surface area contributed by atoms with E-state index < -0.39 is 0 Å². The lowest BCUT2D eigenvalue weighted by Gasteiger charge is -2.22. The number of thioether (sulfide) groups is 1. The lowest BCUT2D eigenvalue weighted by atomic mass is 10.1. The second kappa shape index (κ2) is 5.19. The van der Waals surface area contributed by atoms with Gasteiger partial charge < -0.3 is 5.32 Å². The van der Waals surface area contributed by atoms with Crippen LogP contribution >= 0.6 is 27.7 Å². The van der Waals surface area contributed by atoms with Crippen molar-refractivity contribution in [2.75, 3.05) is 18.8 Å². The quantitative estimate of drug-likeness (QED) is 0.888. The molecule has 0 aliphatic carbocycles. The number of hydrogen-bond acceptors (Lipinski definition) is 2. The largest absolute Gasteiger partial charge is 0.315 e. The number of halogens is 1. The minimum Gasteiger partial charge on any atom is -0.315 e. The van der Waals surface area contributed by atoms with Crippen LogP contribution in [0, 0.1) is 0 Å². The van der Waals surface area contributed by atoms with Crippen molar-refractivity contribution in [2.24, 2.45) is 0 Å². The normalized spacial score (nSPS) is 22.2. The third-order valence-corrected chi connectivity index (χ3v) is 4.15. The van der Waals surface area contributed by atoms with Crippen molar-refractivity contribution in [3.8, 4) is 0 Å². The summed E-state index contributed by atoms with van der Waals surface area (Å²) in [6.07, 6.45) is 1.19. The Labute approximate surface area is 97.8 Å². The van der Waals surface area contributed by atoms with Crippen molar-refractivity contribution in [1.82, 2.24) is 5.32 Å². The molecular weight excluding hydrogens is 258 g/mol. The van der Waals surface area contributed by atoms with Gasteiger partial charge in [-0.1, -0.05) is 28.1 Å². The Hall–Kier alpha value is 0.01000. The highest BCUT2D eigenvalue weighted by Gasteiger charge is 2.13. The predicted octanol–water partition coefficient (Wildman–Crippen LogP) is 2.70. The maximum Gasteiger partial charge on any atom is 0.0213 e. The summed E-state index contributed by atoms with van der Waals surface area (Å²) in [6, 6.07) is 8.66. The van der Waals surface area contributed by atoms with Gasteiger partial charge >= 0.3 is 0 Å². The summed E-state index contributed by atoms with van der Waals surface area (Å²) in [4.78, 5) is 0. The average molecular weight is 272 g/mol. The first-order valence-corrected chi connectivity index (χ1v) is 6.75. The van der Waals surface area contributed by atoms with Gasteiger partial charge in [0.25, 0.3) is 0 Å².